The van der Waals surface area contributed by atoms with E-state index in [0.717, 1.165) is 37.8 Å². The minimum Gasteiger partial charge on any atom is -0.347 e. The van der Waals surface area contributed by atoms with Gasteiger partial charge in [-0.3, -0.25) is 14.9 Å². The number of nitrogens with two attached hydrogens (primary N) is 1. The third-order valence-electron chi connectivity index (χ3n) is 5.94. The average Bonchev–Trinajstić information content (AvgIpc) is 3.54. The second kappa shape index (κ2) is 14.8. The van der Waals surface area contributed by atoms with Crippen LogP contribution in [-0.2, 0) is 11.2 Å². The first-order valence-corrected chi connectivity index (χ1v) is 13.7. The number of aryl methyl sites for hydroxylation is 1. The molecule has 1 fully saturated rings. The quantitative estimate of drug-likeness (QED) is 0.325. The number of carbonyl (C=O) groups excluding carboxylic acids is 3. The topological polar surface area (TPSA) is 108 Å². The van der Waals surface area contributed by atoms with E-state index in [2.05, 4.69) is 27.2 Å². The highest BCUT2D eigenvalue weighted by molar-refractivity contribution is 7.14. The van der Waals surface area contributed by atoms with Crippen molar-refractivity contribution in [2.75, 3.05) is 43.7 Å². The van der Waals surface area contributed by atoms with Crippen LogP contribution < -0.4 is 16.0 Å². The van der Waals surface area contributed by atoms with Crippen molar-refractivity contribution < 1.29 is 19.7 Å². The van der Waals surface area contributed by atoms with Crippen LogP contribution in [0, 0.1) is 12.8 Å². The molecular formula is C25H37ClN5O3S+. The number of benzene rings is 1. The molecule has 2 aromatic rings. The van der Waals surface area contributed by atoms with Crippen molar-refractivity contribution in [3.8, 4) is 0 Å². The maximum atomic E-state index is 13.0. The average molecular weight is 523 g/mol. The van der Waals surface area contributed by atoms with E-state index in [4.69, 9.17) is 0 Å². The zero-order chi connectivity index (χ0) is 25.8. The summed E-state index contributed by atoms with van der Waals surface area (Å²) in [4.78, 5) is 44.3. The SMILES string of the molecule is CCN(CC[NH2+]C)C(=O)Cc1csc(NC(=O)Nc2ccc(C)cc2C(=O)C2CCCC2)n1.CCl. The second-order valence-electron chi connectivity index (χ2n) is 8.46. The number of amides is 3. The normalized spacial score (nSPS) is 13.1. The summed E-state index contributed by atoms with van der Waals surface area (Å²) in [5.41, 5.74) is 2.68. The number of thiazole rings is 1. The Labute approximate surface area is 216 Å². The van der Waals surface area contributed by atoms with E-state index >= 15 is 0 Å². The number of Topliss-reactive ketones (excluding diaryl/α,β-unsaturated/α-hetero) is 1. The van der Waals surface area contributed by atoms with Gasteiger partial charge in [0.2, 0.25) is 5.91 Å². The van der Waals surface area contributed by atoms with E-state index in [1.807, 2.05) is 38.3 Å². The number of nitrogens with one attached hydrogen (secondary N) is 2. The van der Waals surface area contributed by atoms with Crippen LogP contribution in [0.5, 0.6) is 0 Å². The highest BCUT2D eigenvalue weighted by Crippen LogP contribution is 2.31. The van der Waals surface area contributed by atoms with Crippen LogP contribution in [0.1, 0.15) is 54.2 Å². The molecule has 4 N–H and O–H groups in total. The number of ketones is 1. The van der Waals surface area contributed by atoms with Crippen LogP contribution in [0.4, 0.5) is 15.6 Å². The zero-order valence-electron chi connectivity index (χ0n) is 21.0. The number of rotatable bonds is 10. The molecule has 192 valence electrons. The Balaban J connectivity index is 0.00000210. The van der Waals surface area contributed by atoms with E-state index in [1.54, 1.807) is 16.3 Å². The number of urea groups is 1. The van der Waals surface area contributed by atoms with Gasteiger partial charge >= 0.3 is 6.03 Å². The number of carbonyl (C=O) groups is 3. The van der Waals surface area contributed by atoms with Crippen LogP contribution in [0.2, 0.25) is 0 Å². The van der Waals surface area contributed by atoms with Crippen LogP contribution >= 0.6 is 22.9 Å². The maximum Gasteiger partial charge on any atom is 0.325 e. The first kappa shape index (κ1) is 28.7. The lowest BCUT2D eigenvalue weighted by Crippen LogP contribution is -2.81. The zero-order valence-corrected chi connectivity index (χ0v) is 22.6. The molecule has 0 atom stereocenters. The molecule has 0 unspecified atom stereocenters. The maximum absolute atomic E-state index is 13.0. The Hall–Kier alpha value is -2.49. The molecule has 3 rings (SSSR count). The summed E-state index contributed by atoms with van der Waals surface area (Å²) in [6.07, 6.45) is 5.65. The van der Waals surface area contributed by atoms with Gasteiger partial charge in [-0.05, 0) is 38.8 Å². The lowest BCUT2D eigenvalue weighted by atomic mass is 9.94. The van der Waals surface area contributed by atoms with Gasteiger partial charge in [0.15, 0.2) is 10.9 Å². The van der Waals surface area contributed by atoms with Gasteiger partial charge in [-0.1, -0.05) is 24.5 Å². The first-order valence-electron chi connectivity index (χ1n) is 12.0. The van der Waals surface area contributed by atoms with Crippen molar-refractivity contribution in [3.05, 3.63) is 40.4 Å². The molecule has 0 saturated heterocycles. The molecule has 3 amide bonds. The van der Waals surface area contributed by atoms with Gasteiger partial charge in [-0.15, -0.1) is 22.9 Å². The number of aromatic nitrogens is 1. The van der Waals surface area contributed by atoms with E-state index in [-0.39, 0.29) is 24.0 Å². The smallest absolute Gasteiger partial charge is 0.325 e. The Kier molecular flexibility index (Phi) is 12.2. The lowest BCUT2D eigenvalue weighted by Gasteiger charge is -2.19. The molecule has 10 heteroatoms. The van der Waals surface area contributed by atoms with Gasteiger partial charge in [0.05, 0.1) is 37.9 Å². The summed E-state index contributed by atoms with van der Waals surface area (Å²) in [5, 5.41) is 9.78. The summed E-state index contributed by atoms with van der Waals surface area (Å²) in [5.74, 6) is 0.158. The Morgan fingerprint density at radius 3 is 2.57 bits per heavy atom. The van der Waals surface area contributed by atoms with E-state index in [0.29, 0.717) is 35.2 Å². The number of likely N-dealkylation sites (N-methyl/N-ethyl adjacent to an activating group) is 2. The standard InChI is InChI=1S/C24H33N5O3S.CH3Cl/c1-4-29(12-11-25-3)21(30)14-18-15-33-24(26-18)28-23(32)27-20-10-9-16(2)13-19(20)22(31)17-7-5-6-8-17;1-2/h9-10,13,15,17,25H,4-8,11-12,14H2,1-3H3,(H2,26,27,28,32);1H3/p+1. The van der Waals surface area contributed by atoms with Gasteiger partial charge in [-0.2, -0.15) is 0 Å². The first-order chi connectivity index (χ1) is 16.9. The fourth-order valence-electron chi connectivity index (χ4n) is 4.09. The summed E-state index contributed by atoms with van der Waals surface area (Å²) in [6.45, 7) is 6.11. The van der Waals surface area contributed by atoms with Crippen molar-refractivity contribution in [1.82, 2.24) is 9.88 Å². The molecule has 0 bridgehead atoms. The molecule has 1 aromatic heterocycles. The second-order valence-corrected chi connectivity index (χ2v) is 9.32. The van der Waals surface area contributed by atoms with Crippen LogP contribution in [-0.4, -0.2) is 60.7 Å². The highest BCUT2D eigenvalue weighted by Gasteiger charge is 2.26. The summed E-state index contributed by atoms with van der Waals surface area (Å²) in [7, 11) is 1.98. The number of halogens is 1. The predicted octanol–water partition coefficient (Wildman–Crippen LogP) is 3.91. The van der Waals surface area contributed by atoms with Crippen LogP contribution in [0.15, 0.2) is 23.6 Å². The minimum atomic E-state index is -0.458. The highest BCUT2D eigenvalue weighted by atomic mass is 35.5. The number of nitrogens with zero attached hydrogens (tertiary/aromatic N) is 2. The summed E-state index contributed by atoms with van der Waals surface area (Å²) in [6, 6.07) is 5.04. The number of hydrogen-bond donors (Lipinski definition) is 3. The Morgan fingerprint density at radius 1 is 1.20 bits per heavy atom. The molecule has 35 heavy (non-hydrogen) atoms. The Morgan fingerprint density at radius 2 is 1.91 bits per heavy atom. The third kappa shape index (κ3) is 8.59. The van der Waals surface area contributed by atoms with Gasteiger partial charge < -0.3 is 15.5 Å². The van der Waals surface area contributed by atoms with Crippen LogP contribution in [0.25, 0.3) is 0 Å². The van der Waals surface area contributed by atoms with E-state index < -0.39 is 6.03 Å². The molecule has 0 radical (unpaired) electrons. The number of hydrogen-bond acceptors (Lipinski definition) is 5. The fourth-order valence-corrected chi connectivity index (χ4v) is 4.79. The predicted molar refractivity (Wildman–Crippen MR) is 143 cm³/mol. The summed E-state index contributed by atoms with van der Waals surface area (Å²) < 4.78 is 0. The van der Waals surface area contributed by atoms with E-state index in [1.165, 1.54) is 17.7 Å². The molecule has 1 heterocycles. The third-order valence-corrected chi connectivity index (χ3v) is 6.75. The molecule has 8 nitrogen and oxygen atoms in total. The van der Waals surface area contributed by atoms with Crippen molar-refractivity contribution in [3.63, 3.8) is 0 Å². The molecule has 1 saturated carbocycles. The fraction of sp³-hybridized carbons (Fsp3) is 0.520. The van der Waals surface area contributed by atoms with Crippen molar-refractivity contribution in [2.45, 2.75) is 46.0 Å². The minimum absolute atomic E-state index is 0.0235. The van der Waals surface area contributed by atoms with Gasteiger partial charge in [0.1, 0.15) is 0 Å². The van der Waals surface area contributed by atoms with E-state index in [9.17, 15) is 14.4 Å². The Bertz CT molecular complexity index is 991. The molecule has 0 spiro atoms. The molecular weight excluding hydrogens is 486 g/mol. The molecule has 1 aliphatic rings. The van der Waals surface area contributed by atoms with Gasteiger partial charge in [0.25, 0.3) is 0 Å². The van der Waals surface area contributed by atoms with Crippen molar-refractivity contribution in [2.24, 2.45) is 5.92 Å². The monoisotopic (exact) mass is 522 g/mol. The molecule has 0 aliphatic heterocycles. The summed E-state index contributed by atoms with van der Waals surface area (Å²) >= 11 is 5.91. The number of alkyl halides is 1. The number of anilines is 2. The van der Waals surface area contributed by atoms with Crippen molar-refractivity contribution in [1.29, 1.82) is 0 Å². The number of quaternary nitrogens is 1. The van der Waals surface area contributed by atoms with Gasteiger partial charge in [-0.25, -0.2) is 9.78 Å². The van der Waals surface area contributed by atoms with Crippen molar-refractivity contribution >= 4 is 51.5 Å². The molecule has 1 aromatic carbocycles. The lowest BCUT2D eigenvalue weighted by molar-refractivity contribution is -0.626. The molecule has 1 aliphatic carbocycles. The largest absolute Gasteiger partial charge is 0.347 e. The van der Waals surface area contributed by atoms with Crippen LogP contribution in [0.3, 0.4) is 0 Å². The van der Waals surface area contributed by atoms with Gasteiger partial charge in [0, 0.05) is 29.8 Å².